The van der Waals surface area contributed by atoms with Crippen molar-refractivity contribution in [1.29, 1.82) is 0 Å². The van der Waals surface area contributed by atoms with Gasteiger partial charge in [-0.2, -0.15) is 0 Å². The SMILES string of the molecule is Cc1ncsc1CNc1ccc(C(=O)O)cc1. The molecule has 0 saturated heterocycles. The largest absolute Gasteiger partial charge is 0.478 e. The number of hydrogen-bond donors (Lipinski definition) is 2. The molecule has 2 N–H and O–H groups in total. The number of aromatic nitrogens is 1. The van der Waals surface area contributed by atoms with Gasteiger partial charge in [0.15, 0.2) is 0 Å². The number of anilines is 1. The monoisotopic (exact) mass is 248 g/mol. The minimum absolute atomic E-state index is 0.296. The van der Waals surface area contributed by atoms with E-state index in [0.717, 1.165) is 11.4 Å². The lowest BCUT2D eigenvalue weighted by Gasteiger charge is -2.05. The van der Waals surface area contributed by atoms with Crippen molar-refractivity contribution in [2.75, 3.05) is 5.32 Å². The lowest BCUT2D eigenvalue weighted by molar-refractivity contribution is 0.0697. The highest BCUT2D eigenvalue weighted by atomic mass is 32.1. The summed E-state index contributed by atoms with van der Waals surface area (Å²) in [6.45, 7) is 2.68. The first-order valence-electron chi connectivity index (χ1n) is 5.13. The Labute approximate surface area is 103 Å². The van der Waals surface area contributed by atoms with E-state index in [1.807, 2.05) is 12.4 Å². The van der Waals surface area contributed by atoms with Gasteiger partial charge in [-0.1, -0.05) is 0 Å². The summed E-state index contributed by atoms with van der Waals surface area (Å²) in [4.78, 5) is 16.0. The molecule has 0 saturated carbocycles. The van der Waals surface area contributed by atoms with E-state index in [2.05, 4.69) is 10.3 Å². The smallest absolute Gasteiger partial charge is 0.335 e. The first-order chi connectivity index (χ1) is 8.16. The summed E-state index contributed by atoms with van der Waals surface area (Å²) >= 11 is 1.61. The number of carbonyl (C=O) groups is 1. The Morgan fingerprint density at radius 3 is 2.65 bits per heavy atom. The summed E-state index contributed by atoms with van der Waals surface area (Å²) < 4.78 is 0. The van der Waals surface area contributed by atoms with Crippen molar-refractivity contribution >= 4 is 23.0 Å². The van der Waals surface area contributed by atoms with E-state index in [1.165, 1.54) is 4.88 Å². The maximum absolute atomic E-state index is 10.7. The minimum Gasteiger partial charge on any atom is -0.478 e. The molecule has 0 aliphatic heterocycles. The molecule has 0 radical (unpaired) electrons. The standard InChI is InChI=1S/C12H12N2O2S/c1-8-11(17-7-14-8)6-13-10-4-2-9(3-5-10)12(15)16/h2-5,7,13H,6H2,1H3,(H,15,16). The van der Waals surface area contributed by atoms with Gasteiger partial charge in [0.2, 0.25) is 0 Å². The minimum atomic E-state index is -0.908. The van der Waals surface area contributed by atoms with Crippen LogP contribution in [0.4, 0.5) is 5.69 Å². The van der Waals surface area contributed by atoms with Crippen LogP contribution >= 0.6 is 11.3 Å². The van der Waals surface area contributed by atoms with Gasteiger partial charge in [0.25, 0.3) is 0 Å². The van der Waals surface area contributed by atoms with Gasteiger partial charge in [-0.3, -0.25) is 0 Å². The van der Waals surface area contributed by atoms with Gasteiger partial charge in [0.05, 0.1) is 23.3 Å². The van der Waals surface area contributed by atoms with E-state index in [4.69, 9.17) is 5.11 Å². The molecule has 0 unspecified atom stereocenters. The van der Waals surface area contributed by atoms with Crippen LogP contribution in [0.2, 0.25) is 0 Å². The molecule has 1 heterocycles. The third-order valence-corrected chi connectivity index (χ3v) is 3.36. The van der Waals surface area contributed by atoms with E-state index in [0.29, 0.717) is 12.1 Å². The van der Waals surface area contributed by atoms with Crippen LogP contribution in [-0.4, -0.2) is 16.1 Å². The van der Waals surface area contributed by atoms with Crippen molar-refractivity contribution in [3.8, 4) is 0 Å². The van der Waals surface area contributed by atoms with E-state index in [-0.39, 0.29) is 0 Å². The third-order valence-electron chi connectivity index (χ3n) is 2.43. The molecule has 0 aliphatic carbocycles. The van der Waals surface area contributed by atoms with E-state index >= 15 is 0 Å². The molecule has 88 valence electrons. The molecular formula is C12H12N2O2S. The number of thiazole rings is 1. The fourth-order valence-electron chi connectivity index (χ4n) is 1.41. The quantitative estimate of drug-likeness (QED) is 0.873. The summed E-state index contributed by atoms with van der Waals surface area (Å²) in [7, 11) is 0. The van der Waals surface area contributed by atoms with Gasteiger partial charge in [0, 0.05) is 10.6 Å². The number of aryl methyl sites for hydroxylation is 1. The predicted octanol–water partition coefficient (Wildman–Crippen LogP) is 2.76. The Hall–Kier alpha value is -1.88. The summed E-state index contributed by atoms with van der Waals surface area (Å²) in [5.74, 6) is -0.908. The van der Waals surface area contributed by atoms with E-state index in [1.54, 1.807) is 35.6 Å². The van der Waals surface area contributed by atoms with Crippen LogP contribution in [0.5, 0.6) is 0 Å². The molecule has 0 fully saturated rings. The maximum Gasteiger partial charge on any atom is 0.335 e. The van der Waals surface area contributed by atoms with Crippen LogP contribution in [0.1, 0.15) is 20.9 Å². The van der Waals surface area contributed by atoms with Crippen molar-refractivity contribution in [2.24, 2.45) is 0 Å². The topological polar surface area (TPSA) is 62.2 Å². The number of nitrogens with one attached hydrogen (secondary N) is 1. The first kappa shape index (κ1) is 11.6. The van der Waals surface area contributed by atoms with Crippen LogP contribution < -0.4 is 5.32 Å². The first-order valence-corrected chi connectivity index (χ1v) is 6.01. The number of hydrogen-bond acceptors (Lipinski definition) is 4. The van der Waals surface area contributed by atoms with Gasteiger partial charge >= 0.3 is 5.97 Å². The van der Waals surface area contributed by atoms with Gasteiger partial charge in [-0.05, 0) is 31.2 Å². The molecule has 0 spiro atoms. The number of rotatable bonds is 4. The lowest BCUT2D eigenvalue weighted by atomic mass is 10.2. The Morgan fingerprint density at radius 1 is 1.41 bits per heavy atom. The Bertz CT molecular complexity index is 520. The summed E-state index contributed by atoms with van der Waals surface area (Å²) in [5, 5.41) is 12.0. The number of nitrogens with zero attached hydrogens (tertiary/aromatic N) is 1. The molecular weight excluding hydrogens is 236 g/mol. The van der Waals surface area contributed by atoms with Crippen LogP contribution in [0.15, 0.2) is 29.8 Å². The molecule has 2 rings (SSSR count). The molecule has 17 heavy (non-hydrogen) atoms. The van der Waals surface area contributed by atoms with Crippen molar-refractivity contribution in [1.82, 2.24) is 4.98 Å². The zero-order chi connectivity index (χ0) is 12.3. The second-order valence-corrected chi connectivity index (χ2v) is 4.54. The predicted molar refractivity (Wildman–Crippen MR) is 67.6 cm³/mol. The third kappa shape index (κ3) is 2.82. The van der Waals surface area contributed by atoms with Crippen molar-refractivity contribution in [3.05, 3.63) is 45.9 Å². The molecule has 4 nitrogen and oxygen atoms in total. The lowest BCUT2D eigenvalue weighted by Crippen LogP contribution is -2.00. The van der Waals surface area contributed by atoms with E-state index in [9.17, 15) is 4.79 Å². The second-order valence-electron chi connectivity index (χ2n) is 3.60. The molecule has 1 aromatic heterocycles. The average Bonchev–Trinajstić information content (AvgIpc) is 2.73. The molecule has 2 aromatic rings. The van der Waals surface area contributed by atoms with Crippen LogP contribution in [0.25, 0.3) is 0 Å². The zero-order valence-corrected chi connectivity index (χ0v) is 10.1. The molecule has 0 atom stereocenters. The summed E-state index contributed by atoms with van der Waals surface area (Å²) in [6, 6.07) is 6.70. The van der Waals surface area contributed by atoms with Gasteiger partial charge in [-0.25, -0.2) is 9.78 Å². The van der Waals surface area contributed by atoms with Crippen molar-refractivity contribution in [2.45, 2.75) is 13.5 Å². The van der Waals surface area contributed by atoms with Gasteiger partial charge < -0.3 is 10.4 Å². The summed E-state index contributed by atoms with van der Waals surface area (Å²) in [5.41, 5.74) is 4.05. The number of aromatic carboxylic acids is 1. The Morgan fingerprint density at radius 2 is 2.12 bits per heavy atom. The van der Waals surface area contributed by atoms with Gasteiger partial charge in [0.1, 0.15) is 0 Å². The van der Waals surface area contributed by atoms with Crippen LogP contribution in [0.3, 0.4) is 0 Å². The molecule has 1 aromatic carbocycles. The normalized spacial score (nSPS) is 10.2. The maximum atomic E-state index is 10.7. The van der Waals surface area contributed by atoms with E-state index < -0.39 is 5.97 Å². The molecule has 0 bridgehead atoms. The number of carboxylic acid groups (broad SMARTS) is 1. The fourth-order valence-corrected chi connectivity index (χ4v) is 2.13. The van der Waals surface area contributed by atoms with Crippen LogP contribution in [0, 0.1) is 6.92 Å². The Balaban J connectivity index is 2.00. The fraction of sp³-hybridized carbons (Fsp3) is 0.167. The average molecular weight is 248 g/mol. The number of carboxylic acids is 1. The van der Waals surface area contributed by atoms with Crippen molar-refractivity contribution in [3.63, 3.8) is 0 Å². The highest BCUT2D eigenvalue weighted by Gasteiger charge is 2.03. The van der Waals surface area contributed by atoms with Gasteiger partial charge in [-0.15, -0.1) is 11.3 Å². The highest BCUT2D eigenvalue weighted by Crippen LogP contribution is 2.15. The summed E-state index contributed by atoms with van der Waals surface area (Å²) in [6.07, 6.45) is 0. The zero-order valence-electron chi connectivity index (χ0n) is 9.30. The molecule has 0 aliphatic rings. The van der Waals surface area contributed by atoms with Crippen LogP contribution in [-0.2, 0) is 6.54 Å². The second kappa shape index (κ2) is 4.97. The number of benzene rings is 1. The van der Waals surface area contributed by atoms with Crippen molar-refractivity contribution < 1.29 is 9.90 Å². The molecule has 5 heteroatoms. The molecule has 0 amide bonds. The Kier molecular flexibility index (Phi) is 3.39. The highest BCUT2D eigenvalue weighted by molar-refractivity contribution is 7.09.